The van der Waals surface area contributed by atoms with Gasteiger partial charge in [-0.2, -0.15) is 0 Å². The highest BCUT2D eigenvalue weighted by molar-refractivity contribution is 5.13. The molecule has 17 heavy (non-hydrogen) atoms. The van der Waals surface area contributed by atoms with Crippen molar-refractivity contribution in [2.24, 2.45) is 5.92 Å². The summed E-state index contributed by atoms with van der Waals surface area (Å²) >= 11 is 0. The molecule has 2 rings (SSSR count). The Balaban J connectivity index is 1.86. The van der Waals surface area contributed by atoms with Crippen molar-refractivity contribution in [1.29, 1.82) is 0 Å². The van der Waals surface area contributed by atoms with Crippen LogP contribution in [0.1, 0.15) is 5.56 Å². The molecule has 1 aliphatic heterocycles. The largest absolute Gasteiger partial charge is 0.396 e. The van der Waals surface area contributed by atoms with Crippen LogP contribution in [0.4, 0.5) is 0 Å². The molecule has 1 aromatic rings. The van der Waals surface area contributed by atoms with Crippen molar-refractivity contribution in [3.8, 4) is 0 Å². The molecule has 0 aliphatic carbocycles. The molecule has 0 radical (unpaired) electrons. The van der Waals surface area contributed by atoms with E-state index in [1.54, 1.807) is 0 Å². The van der Waals surface area contributed by atoms with Gasteiger partial charge in [-0.1, -0.05) is 30.3 Å². The van der Waals surface area contributed by atoms with E-state index in [0.717, 1.165) is 5.56 Å². The maximum atomic E-state index is 9.98. The molecule has 4 heteroatoms. The van der Waals surface area contributed by atoms with Crippen LogP contribution in [0.25, 0.3) is 0 Å². The van der Waals surface area contributed by atoms with Crippen molar-refractivity contribution in [1.82, 2.24) is 5.32 Å². The Morgan fingerprint density at radius 2 is 2.00 bits per heavy atom. The molecule has 0 spiro atoms. The summed E-state index contributed by atoms with van der Waals surface area (Å²) in [5.74, 6) is -0.135. The van der Waals surface area contributed by atoms with Crippen LogP contribution >= 0.6 is 0 Å². The van der Waals surface area contributed by atoms with Gasteiger partial charge >= 0.3 is 0 Å². The van der Waals surface area contributed by atoms with Crippen molar-refractivity contribution < 1.29 is 14.9 Å². The van der Waals surface area contributed by atoms with Crippen LogP contribution in [0.5, 0.6) is 0 Å². The second-order valence-corrected chi connectivity index (χ2v) is 4.43. The Bertz CT molecular complexity index is 331. The van der Waals surface area contributed by atoms with E-state index in [9.17, 15) is 5.11 Å². The van der Waals surface area contributed by atoms with E-state index in [0.29, 0.717) is 19.7 Å². The summed E-state index contributed by atoms with van der Waals surface area (Å²) in [6.07, 6.45) is -0.842. The first-order valence-corrected chi connectivity index (χ1v) is 5.96. The Kier molecular flexibility index (Phi) is 4.50. The van der Waals surface area contributed by atoms with Crippen molar-refractivity contribution in [3.05, 3.63) is 35.9 Å². The first-order valence-electron chi connectivity index (χ1n) is 5.96. The zero-order valence-corrected chi connectivity index (χ0v) is 9.75. The van der Waals surface area contributed by atoms with Gasteiger partial charge in [0.05, 0.1) is 18.8 Å². The van der Waals surface area contributed by atoms with Gasteiger partial charge in [0.25, 0.3) is 0 Å². The van der Waals surface area contributed by atoms with Crippen molar-refractivity contribution in [2.45, 2.75) is 18.8 Å². The highest BCUT2D eigenvalue weighted by atomic mass is 16.5. The number of ether oxygens (including phenoxy) is 1. The van der Waals surface area contributed by atoms with E-state index in [1.165, 1.54) is 0 Å². The minimum absolute atomic E-state index is 0.0145. The molecule has 4 nitrogen and oxygen atoms in total. The molecule has 1 fully saturated rings. The molecule has 0 bridgehead atoms. The van der Waals surface area contributed by atoms with Gasteiger partial charge in [0.15, 0.2) is 0 Å². The van der Waals surface area contributed by atoms with Crippen LogP contribution in [0, 0.1) is 5.92 Å². The lowest BCUT2D eigenvalue weighted by molar-refractivity contribution is -0.0911. The summed E-state index contributed by atoms with van der Waals surface area (Å²) in [5.41, 5.74) is 1.09. The lowest BCUT2D eigenvalue weighted by atomic mass is 9.94. The third-order valence-electron chi connectivity index (χ3n) is 3.16. The maximum Gasteiger partial charge on any atom is 0.0966 e. The zero-order chi connectivity index (χ0) is 12.1. The highest BCUT2D eigenvalue weighted by Crippen LogP contribution is 2.15. The molecule has 1 aliphatic rings. The molecule has 0 saturated carbocycles. The van der Waals surface area contributed by atoms with Crippen molar-refractivity contribution in [2.75, 3.05) is 19.7 Å². The number of hydrogen-bond acceptors (Lipinski definition) is 4. The first-order chi connectivity index (χ1) is 8.31. The van der Waals surface area contributed by atoms with Crippen LogP contribution in [0.3, 0.4) is 0 Å². The fourth-order valence-corrected chi connectivity index (χ4v) is 2.06. The van der Waals surface area contributed by atoms with E-state index in [1.807, 2.05) is 30.3 Å². The van der Waals surface area contributed by atoms with Crippen LogP contribution in [0.2, 0.25) is 0 Å². The van der Waals surface area contributed by atoms with Gasteiger partial charge in [0, 0.05) is 25.6 Å². The predicted octanol–water partition coefficient (Wildman–Crippen LogP) is 0.144. The molecule has 94 valence electrons. The summed E-state index contributed by atoms with van der Waals surface area (Å²) in [5, 5.41) is 22.2. The maximum absolute atomic E-state index is 9.98. The molecular formula is C13H19NO3. The second kappa shape index (κ2) is 6.12. The monoisotopic (exact) mass is 237 g/mol. The molecule has 1 aromatic carbocycles. The van der Waals surface area contributed by atoms with E-state index in [4.69, 9.17) is 9.84 Å². The Morgan fingerprint density at radius 3 is 2.71 bits per heavy atom. The minimum atomic E-state index is -0.593. The normalized spacial score (nSPS) is 29.2. The minimum Gasteiger partial charge on any atom is -0.396 e. The molecule has 0 unspecified atom stereocenters. The summed E-state index contributed by atoms with van der Waals surface area (Å²) in [6, 6.07) is 9.87. The number of nitrogens with one attached hydrogen (secondary N) is 1. The van der Waals surface area contributed by atoms with E-state index in [-0.39, 0.29) is 18.6 Å². The third kappa shape index (κ3) is 3.26. The Hall–Kier alpha value is -0.940. The standard InChI is InChI=1S/C13H19NO3/c15-8-11-6-14-7-12(13(11)16)17-9-10-4-2-1-3-5-10/h1-5,11-16H,6-9H2/t11-,12-,13-/m1/s1. The number of aliphatic hydroxyl groups excluding tert-OH is 2. The zero-order valence-electron chi connectivity index (χ0n) is 9.75. The molecular weight excluding hydrogens is 218 g/mol. The first kappa shape index (κ1) is 12.5. The van der Waals surface area contributed by atoms with Gasteiger partial charge in [-0.3, -0.25) is 0 Å². The smallest absolute Gasteiger partial charge is 0.0966 e. The topological polar surface area (TPSA) is 61.7 Å². The number of rotatable bonds is 4. The number of hydrogen-bond donors (Lipinski definition) is 3. The van der Waals surface area contributed by atoms with E-state index >= 15 is 0 Å². The lowest BCUT2D eigenvalue weighted by Gasteiger charge is -2.34. The number of aliphatic hydroxyl groups is 2. The number of piperidine rings is 1. The summed E-state index contributed by atoms with van der Waals surface area (Å²) in [7, 11) is 0. The fraction of sp³-hybridized carbons (Fsp3) is 0.538. The van der Waals surface area contributed by atoms with Gasteiger partial charge in [0.2, 0.25) is 0 Å². The highest BCUT2D eigenvalue weighted by Gasteiger charge is 2.31. The molecule has 1 heterocycles. The SMILES string of the molecule is OC[C@H]1CNC[C@@H](OCc2ccccc2)[C@@H]1O. The second-order valence-electron chi connectivity index (χ2n) is 4.43. The van der Waals surface area contributed by atoms with Crippen LogP contribution < -0.4 is 5.32 Å². The van der Waals surface area contributed by atoms with Gasteiger partial charge in [-0.15, -0.1) is 0 Å². The molecule has 3 atom stereocenters. The van der Waals surface area contributed by atoms with Crippen molar-refractivity contribution in [3.63, 3.8) is 0 Å². The Labute approximate surface area is 101 Å². The van der Waals surface area contributed by atoms with E-state index in [2.05, 4.69) is 5.32 Å². The average molecular weight is 237 g/mol. The lowest BCUT2D eigenvalue weighted by Crippen LogP contribution is -2.52. The predicted molar refractivity (Wildman–Crippen MR) is 64.5 cm³/mol. The van der Waals surface area contributed by atoms with Gasteiger partial charge in [-0.25, -0.2) is 0 Å². The van der Waals surface area contributed by atoms with Gasteiger partial charge < -0.3 is 20.3 Å². The van der Waals surface area contributed by atoms with Gasteiger partial charge in [-0.05, 0) is 5.56 Å². The van der Waals surface area contributed by atoms with E-state index < -0.39 is 6.10 Å². The molecule has 3 N–H and O–H groups in total. The summed E-state index contributed by atoms with van der Waals surface area (Å²) < 4.78 is 5.69. The van der Waals surface area contributed by atoms with Crippen LogP contribution in [0.15, 0.2) is 30.3 Å². The molecule has 0 amide bonds. The molecule has 0 aromatic heterocycles. The molecule has 1 saturated heterocycles. The quantitative estimate of drug-likeness (QED) is 0.697. The van der Waals surface area contributed by atoms with Crippen molar-refractivity contribution >= 4 is 0 Å². The van der Waals surface area contributed by atoms with Crippen LogP contribution in [-0.4, -0.2) is 42.1 Å². The van der Waals surface area contributed by atoms with Gasteiger partial charge in [0.1, 0.15) is 0 Å². The van der Waals surface area contributed by atoms with Crippen LogP contribution in [-0.2, 0) is 11.3 Å². The average Bonchev–Trinajstić information content (AvgIpc) is 2.39. The fourth-order valence-electron chi connectivity index (χ4n) is 2.06. The summed E-state index contributed by atoms with van der Waals surface area (Å²) in [6.45, 7) is 1.75. The Morgan fingerprint density at radius 1 is 1.24 bits per heavy atom. The summed E-state index contributed by atoms with van der Waals surface area (Å²) in [4.78, 5) is 0. The number of benzene rings is 1. The third-order valence-corrected chi connectivity index (χ3v) is 3.16.